The molecule has 31 heavy (non-hydrogen) atoms. The molecule has 0 saturated heterocycles. The smallest absolute Gasteiger partial charge is 0.272 e. The molecule has 0 aliphatic heterocycles. The third-order valence-electron chi connectivity index (χ3n) is 5.44. The highest BCUT2D eigenvalue weighted by Crippen LogP contribution is 2.35. The van der Waals surface area contributed by atoms with Gasteiger partial charge >= 0.3 is 0 Å². The maximum atomic E-state index is 13.0. The number of fused-ring (bicyclic) bond motifs is 2. The Morgan fingerprint density at radius 1 is 1.16 bits per heavy atom. The fourth-order valence-electron chi connectivity index (χ4n) is 3.87. The van der Waals surface area contributed by atoms with E-state index in [0.29, 0.717) is 28.6 Å². The van der Waals surface area contributed by atoms with Crippen LogP contribution in [0, 0.1) is 0 Å². The number of benzene rings is 2. The lowest BCUT2D eigenvalue weighted by molar-refractivity contribution is 0.101. The van der Waals surface area contributed by atoms with Crippen LogP contribution in [0.3, 0.4) is 0 Å². The Hall–Kier alpha value is -4.33. The van der Waals surface area contributed by atoms with E-state index in [1.165, 1.54) is 6.33 Å². The second kappa shape index (κ2) is 7.17. The van der Waals surface area contributed by atoms with Gasteiger partial charge in [-0.1, -0.05) is 24.3 Å². The largest absolute Gasteiger partial charge is 0.495 e. The lowest BCUT2D eigenvalue weighted by Crippen LogP contribution is -2.16. The highest BCUT2D eigenvalue weighted by molar-refractivity contribution is 6.07. The summed E-state index contributed by atoms with van der Waals surface area (Å²) in [5.74, 6) is 0.720. The van der Waals surface area contributed by atoms with Crippen LogP contribution < -0.4 is 15.8 Å². The van der Waals surface area contributed by atoms with Crippen LogP contribution in [0.25, 0.3) is 33.1 Å². The van der Waals surface area contributed by atoms with E-state index in [0.717, 1.165) is 27.4 Å². The van der Waals surface area contributed by atoms with E-state index in [9.17, 15) is 4.79 Å². The van der Waals surface area contributed by atoms with Crippen molar-refractivity contribution in [3.05, 3.63) is 66.7 Å². The third-order valence-corrected chi connectivity index (χ3v) is 5.44. The van der Waals surface area contributed by atoms with Gasteiger partial charge in [-0.05, 0) is 29.8 Å². The van der Waals surface area contributed by atoms with E-state index in [1.54, 1.807) is 7.11 Å². The van der Waals surface area contributed by atoms with E-state index in [4.69, 9.17) is 10.5 Å². The van der Waals surface area contributed by atoms with Crippen molar-refractivity contribution in [2.75, 3.05) is 18.2 Å². The second-order valence-corrected chi connectivity index (χ2v) is 7.20. The summed E-state index contributed by atoms with van der Waals surface area (Å²) in [6.45, 7) is 0. The highest BCUT2D eigenvalue weighted by atomic mass is 16.5. The molecular formula is C23H20N6O2. The number of ether oxygens (including phenoxy) is 1. The molecule has 3 aromatic heterocycles. The summed E-state index contributed by atoms with van der Waals surface area (Å²) in [6.07, 6.45) is 3.25. The topological polar surface area (TPSA) is 111 Å². The van der Waals surface area contributed by atoms with Gasteiger partial charge in [0.15, 0.2) is 0 Å². The van der Waals surface area contributed by atoms with Crippen LogP contribution in [0.4, 0.5) is 11.5 Å². The number of hydrogen-bond donors (Lipinski definition) is 3. The molecule has 0 aliphatic rings. The minimum absolute atomic E-state index is 0.213. The van der Waals surface area contributed by atoms with Crippen molar-refractivity contribution in [2.24, 2.45) is 7.05 Å². The number of nitrogens with one attached hydrogen (secondary N) is 2. The number of nitrogens with two attached hydrogens (primary N) is 1. The Morgan fingerprint density at radius 2 is 2.00 bits per heavy atom. The van der Waals surface area contributed by atoms with Crippen molar-refractivity contribution in [1.29, 1.82) is 0 Å². The zero-order chi connectivity index (χ0) is 21.5. The predicted octanol–water partition coefficient (Wildman–Crippen LogP) is 3.96. The zero-order valence-corrected chi connectivity index (χ0v) is 17.0. The highest BCUT2D eigenvalue weighted by Gasteiger charge is 2.17. The van der Waals surface area contributed by atoms with Crippen LogP contribution in [0.1, 0.15) is 10.5 Å². The van der Waals surface area contributed by atoms with Crippen LogP contribution in [0.2, 0.25) is 0 Å². The van der Waals surface area contributed by atoms with Gasteiger partial charge in [0.1, 0.15) is 29.2 Å². The number of amides is 1. The number of H-pyrrole nitrogens is 1. The lowest BCUT2D eigenvalue weighted by atomic mass is 10.0. The Labute approximate surface area is 177 Å². The Bertz CT molecular complexity index is 1450. The number of para-hydroxylation sites is 1. The lowest BCUT2D eigenvalue weighted by Gasteiger charge is -2.12. The molecule has 5 aromatic rings. The number of nitrogens with zero attached hydrogens (tertiary/aromatic N) is 3. The summed E-state index contributed by atoms with van der Waals surface area (Å²) in [5.41, 5.74) is 10.6. The monoisotopic (exact) mass is 412 g/mol. The molecule has 0 bridgehead atoms. The van der Waals surface area contributed by atoms with Crippen LogP contribution in [0.5, 0.6) is 5.75 Å². The molecule has 0 aliphatic carbocycles. The first kappa shape index (κ1) is 18.7. The Kier molecular flexibility index (Phi) is 4.32. The maximum Gasteiger partial charge on any atom is 0.272 e. The van der Waals surface area contributed by atoms with Crippen molar-refractivity contribution in [3.63, 3.8) is 0 Å². The molecule has 3 heterocycles. The summed E-state index contributed by atoms with van der Waals surface area (Å²) < 4.78 is 7.43. The van der Waals surface area contributed by atoms with Crippen molar-refractivity contribution < 1.29 is 9.53 Å². The summed E-state index contributed by atoms with van der Waals surface area (Å²) >= 11 is 0. The van der Waals surface area contributed by atoms with E-state index in [2.05, 4.69) is 20.3 Å². The minimum Gasteiger partial charge on any atom is -0.495 e. The number of carbonyl (C=O) groups excluding carboxylic acids is 1. The van der Waals surface area contributed by atoms with Gasteiger partial charge in [0.05, 0.1) is 18.2 Å². The first-order chi connectivity index (χ1) is 15.1. The number of aryl methyl sites for hydroxylation is 1. The number of aromatic nitrogens is 4. The van der Waals surface area contributed by atoms with Gasteiger partial charge in [0.25, 0.3) is 5.91 Å². The van der Waals surface area contributed by atoms with Crippen LogP contribution in [-0.4, -0.2) is 32.5 Å². The van der Waals surface area contributed by atoms with E-state index in [1.807, 2.05) is 66.3 Å². The van der Waals surface area contributed by atoms with Crippen molar-refractivity contribution in [2.45, 2.75) is 0 Å². The zero-order valence-electron chi connectivity index (χ0n) is 17.0. The van der Waals surface area contributed by atoms with Gasteiger partial charge < -0.3 is 25.3 Å². The molecule has 2 aromatic carbocycles. The van der Waals surface area contributed by atoms with Gasteiger partial charge in [-0.2, -0.15) is 0 Å². The number of rotatable bonds is 4. The standard InChI is InChI=1S/C23H20N6O2/c1-29-17-6-4-3-5-14(17)9-18(29)23(30)28-16-8-7-13(10-19(16)31-2)15-11-25-22-20(15)21(24)26-12-27-22/h3-12H,1-2H3,(H,28,30)(H3,24,25,26,27). The molecule has 0 fully saturated rings. The fraction of sp³-hybridized carbons (Fsp3) is 0.0870. The average molecular weight is 412 g/mol. The Morgan fingerprint density at radius 3 is 2.81 bits per heavy atom. The fourth-order valence-corrected chi connectivity index (χ4v) is 3.87. The van der Waals surface area contributed by atoms with E-state index in [-0.39, 0.29) is 5.91 Å². The number of methoxy groups -OCH3 is 1. The SMILES string of the molecule is COc1cc(-c2c[nH]c3ncnc(N)c23)ccc1NC(=O)c1cc2ccccc2n1C. The summed E-state index contributed by atoms with van der Waals surface area (Å²) in [4.78, 5) is 24.4. The maximum absolute atomic E-state index is 13.0. The van der Waals surface area contributed by atoms with Gasteiger partial charge in [0.2, 0.25) is 0 Å². The van der Waals surface area contributed by atoms with Crippen LogP contribution in [0.15, 0.2) is 61.1 Å². The minimum atomic E-state index is -0.213. The quantitative estimate of drug-likeness (QED) is 0.414. The second-order valence-electron chi connectivity index (χ2n) is 7.20. The van der Waals surface area contributed by atoms with E-state index < -0.39 is 0 Å². The Balaban J connectivity index is 1.50. The molecule has 1 amide bonds. The average Bonchev–Trinajstić information content (AvgIpc) is 3.37. The molecule has 0 unspecified atom stereocenters. The van der Waals surface area contributed by atoms with Crippen LogP contribution in [-0.2, 0) is 7.05 Å². The predicted molar refractivity (Wildman–Crippen MR) is 121 cm³/mol. The van der Waals surface area contributed by atoms with Gasteiger partial charge in [0, 0.05) is 29.7 Å². The van der Waals surface area contributed by atoms with E-state index >= 15 is 0 Å². The van der Waals surface area contributed by atoms with Crippen molar-refractivity contribution in [3.8, 4) is 16.9 Å². The third kappa shape index (κ3) is 3.05. The summed E-state index contributed by atoms with van der Waals surface area (Å²) in [7, 11) is 3.44. The first-order valence-electron chi connectivity index (χ1n) is 9.68. The summed E-state index contributed by atoms with van der Waals surface area (Å²) in [6, 6.07) is 15.3. The van der Waals surface area contributed by atoms with Gasteiger partial charge in [-0.25, -0.2) is 9.97 Å². The van der Waals surface area contributed by atoms with Crippen molar-refractivity contribution in [1.82, 2.24) is 19.5 Å². The molecule has 154 valence electrons. The molecule has 0 radical (unpaired) electrons. The normalized spacial score (nSPS) is 11.2. The molecule has 0 saturated carbocycles. The van der Waals surface area contributed by atoms with Gasteiger partial charge in [-0.15, -0.1) is 0 Å². The number of hydrogen-bond acceptors (Lipinski definition) is 5. The molecule has 8 nitrogen and oxygen atoms in total. The molecule has 8 heteroatoms. The summed E-state index contributed by atoms with van der Waals surface area (Å²) in [5, 5.41) is 4.72. The molecule has 4 N–H and O–H groups in total. The van der Waals surface area contributed by atoms with Crippen molar-refractivity contribution >= 4 is 39.3 Å². The number of anilines is 2. The molecular weight excluding hydrogens is 392 g/mol. The molecule has 5 rings (SSSR count). The molecule has 0 spiro atoms. The van der Waals surface area contributed by atoms with Gasteiger partial charge in [-0.3, -0.25) is 4.79 Å². The van der Waals surface area contributed by atoms with Crippen LogP contribution >= 0.6 is 0 Å². The number of nitrogen functional groups attached to an aromatic ring is 1. The first-order valence-corrected chi connectivity index (χ1v) is 9.68. The molecule has 0 atom stereocenters. The number of aromatic amines is 1. The number of carbonyl (C=O) groups is 1.